The molecule has 0 unspecified atom stereocenters. The van der Waals surface area contributed by atoms with E-state index in [0.717, 1.165) is 76.3 Å². The Bertz CT molecular complexity index is 2540. The molecule has 0 fully saturated rings. The number of fused-ring (bicyclic) bond motifs is 2. The predicted octanol–water partition coefficient (Wildman–Crippen LogP) is 8.78. The number of anilines is 3. The van der Waals surface area contributed by atoms with E-state index in [1.54, 1.807) is 60.5 Å². The third-order valence-corrected chi connectivity index (χ3v) is 10.3. The zero-order chi connectivity index (χ0) is 40.9. The first kappa shape index (κ1) is 39.1. The number of rotatable bonds is 11. The number of nitrogens with zero attached hydrogens (tertiary/aromatic N) is 8. The van der Waals surface area contributed by atoms with Crippen LogP contribution in [0.5, 0.6) is 0 Å². The highest BCUT2D eigenvalue weighted by Crippen LogP contribution is 2.41. The summed E-state index contributed by atoms with van der Waals surface area (Å²) >= 11 is 0. The first-order valence-corrected chi connectivity index (χ1v) is 19.3. The van der Waals surface area contributed by atoms with Crippen LogP contribution in [0.15, 0.2) is 129 Å². The van der Waals surface area contributed by atoms with Gasteiger partial charge < -0.3 is 30.7 Å². The van der Waals surface area contributed by atoms with Gasteiger partial charge in [-0.1, -0.05) is 30.3 Å². The monoisotopic (exact) mass is 777 g/mol. The molecule has 5 aromatic carbocycles. The molecule has 58 heavy (non-hydrogen) atoms. The summed E-state index contributed by atoms with van der Waals surface area (Å²) in [5.74, 6) is -0.201. The summed E-state index contributed by atoms with van der Waals surface area (Å²) < 4.78 is 6.69. The van der Waals surface area contributed by atoms with Crippen molar-refractivity contribution in [3.05, 3.63) is 120 Å². The van der Waals surface area contributed by atoms with E-state index in [4.69, 9.17) is 4.42 Å². The lowest BCUT2D eigenvalue weighted by atomic mass is 9.92. The molecular formula is C45H47N9O4+2. The number of benzene rings is 5. The predicted molar refractivity (Wildman–Crippen MR) is 234 cm³/mol. The fourth-order valence-corrected chi connectivity index (χ4v) is 7.18. The zero-order valence-corrected chi connectivity index (χ0v) is 33.3. The van der Waals surface area contributed by atoms with Gasteiger partial charge in [-0.25, -0.2) is 24.8 Å². The molecule has 1 aliphatic heterocycles. The van der Waals surface area contributed by atoms with E-state index in [2.05, 4.69) is 99.9 Å². The van der Waals surface area contributed by atoms with Crippen molar-refractivity contribution in [1.82, 2.24) is 0 Å². The Morgan fingerprint density at radius 3 is 1.91 bits per heavy atom. The van der Waals surface area contributed by atoms with E-state index in [-0.39, 0.29) is 28.2 Å². The van der Waals surface area contributed by atoms with E-state index < -0.39 is 0 Å². The first-order valence-electron chi connectivity index (χ1n) is 19.3. The second-order valence-corrected chi connectivity index (χ2v) is 13.7. The second kappa shape index (κ2) is 16.9. The average molecular weight is 778 g/mol. The summed E-state index contributed by atoms with van der Waals surface area (Å²) in [5.41, 5.74) is 12.0. The first-order chi connectivity index (χ1) is 28.1. The highest BCUT2D eigenvalue weighted by molar-refractivity contribution is 6.71. The molecule has 1 aliphatic rings. The van der Waals surface area contributed by atoms with Gasteiger partial charge >= 0.3 is 16.9 Å². The smallest absolute Gasteiger partial charge is 0.363 e. The van der Waals surface area contributed by atoms with Crippen molar-refractivity contribution in [2.24, 2.45) is 15.0 Å². The van der Waals surface area contributed by atoms with Crippen LogP contribution in [0.25, 0.3) is 38.4 Å². The SMILES string of the molecule is CCN(CC)c1ccc2c(-c3ccccc3C(=O)N(C)c3ccc([N-]C4=NC=NC(=Nc5ccc([NH3+])cc5)C4=[N+](O)O)cc3)c3ccc(N(CC)CC)cc3[o+]c2c1. The number of hydrogen-bond donors (Lipinski definition) is 3. The maximum absolute atomic E-state index is 14.5. The third-order valence-electron chi connectivity index (χ3n) is 10.3. The second-order valence-electron chi connectivity index (χ2n) is 13.7. The Balaban J connectivity index is 1.22. The topological polar surface area (TPSA) is 160 Å². The Morgan fingerprint density at radius 2 is 1.34 bits per heavy atom. The molecule has 294 valence electrons. The van der Waals surface area contributed by atoms with Crippen molar-refractivity contribution >= 4 is 85.7 Å². The van der Waals surface area contributed by atoms with E-state index >= 15 is 0 Å². The van der Waals surface area contributed by atoms with Gasteiger partial charge in [-0.15, -0.1) is 0 Å². The normalized spacial score (nSPS) is 13.2. The van der Waals surface area contributed by atoms with E-state index in [9.17, 15) is 15.2 Å². The van der Waals surface area contributed by atoms with Crippen LogP contribution in [-0.2, 0) is 0 Å². The van der Waals surface area contributed by atoms with Crippen LogP contribution in [-0.4, -0.2) is 78.2 Å². The minimum absolute atomic E-state index is 0.0116. The van der Waals surface area contributed by atoms with Gasteiger partial charge in [0.2, 0.25) is 10.7 Å². The number of amidine groups is 2. The molecular weight excluding hydrogens is 731 g/mol. The number of carbonyl (C=O) groups excluding carboxylic acids is 1. The summed E-state index contributed by atoms with van der Waals surface area (Å²) in [5, 5.41) is 26.6. The molecule has 0 aliphatic carbocycles. The summed E-state index contributed by atoms with van der Waals surface area (Å²) in [6.07, 6.45) is 1.25. The number of hydrogen-bond acceptors (Lipinski definition) is 7. The third kappa shape index (κ3) is 7.80. The highest BCUT2D eigenvalue weighted by Gasteiger charge is 2.28. The summed E-state index contributed by atoms with van der Waals surface area (Å²) in [6.45, 7) is 12.0. The van der Waals surface area contributed by atoms with Crippen LogP contribution >= 0.6 is 0 Å². The Hall–Kier alpha value is -7.12. The lowest BCUT2D eigenvalue weighted by Gasteiger charge is -2.22. The van der Waals surface area contributed by atoms with Crippen LogP contribution in [0.2, 0.25) is 0 Å². The number of aliphatic imine (C=N–C) groups is 3. The van der Waals surface area contributed by atoms with Gasteiger partial charge in [-0.2, -0.15) is 0 Å². The van der Waals surface area contributed by atoms with Gasteiger partial charge in [0.05, 0.1) is 28.6 Å². The van der Waals surface area contributed by atoms with Crippen molar-refractivity contribution in [3.8, 4) is 11.1 Å². The molecule has 0 spiro atoms. The molecule has 0 radical (unpaired) electrons. The Kier molecular flexibility index (Phi) is 11.4. The van der Waals surface area contributed by atoms with Crippen molar-refractivity contribution in [1.29, 1.82) is 0 Å². The summed E-state index contributed by atoms with van der Waals surface area (Å²) in [6, 6.07) is 34.4. The van der Waals surface area contributed by atoms with E-state index in [1.807, 2.05) is 24.3 Å². The fraction of sp³-hybridized carbons (Fsp3) is 0.200. The van der Waals surface area contributed by atoms with Gasteiger partial charge in [0.1, 0.15) is 5.69 Å². The summed E-state index contributed by atoms with van der Waals surface area (Å²) in [7, 11) is 1.74. The molecule has 0 atom stereocenters. The molecule has 0 saturated heterocycles. The molecule has 7 rings (SSSR count). The van der Waals surface area contributed by atoms with Crippen molar-refractivity contribution < 1.29 is 30.3 Å². The van der Waals surface area contributed by atoms with Crippen LogP contribution in [0.3, 0.4) is 0 Å². The van der Waals surface area contributed by atoms with Crippen LogP contribution in [0.4, 0.5) is 34.1 Å². The maximum Gasteiger partial charge on any atom is 0.363 e. The van der Waals surface area contributed by atoms with Crippen molar-refractivity contribution in [2.45, 2.75) is 27.7 Å². The number of carbonyl (C=O) groups is 1. The van der Waals surface area contributed by atoms with Crippen LogP contribution in [0, 0.1) is 0 Å². The van der Waals surface area contributed by atoms with Gasteiger partial charge in [-0.05, 0) is 93.5 Å². The average Bonchev–Trinajstić information content (AvgIpc) is 3.24. The number of amides is 1. The summed E-state index contributed by atoms with van der Waals surface area (Å²) in [4.78, 5) is 33.4. The highest BCUT2D eigenvalue weighted by atomic mass is 16.8. The number of quaternary nitrogens is 1. The fourth-order valence-electron chi connectivity index (χ4n) is 7.18. The molecule has 0 saturated carbocycles. The van der Waals surface area contributed by atoms with Gasteiger partial charge in [0, 0.05) is 85.7 Å². The molecule has 2 heterocycles. The molecule has 6 aromatic rings. The van der Waals surface area contributed by atoms with Crippen molar-refractivity contribution in [3.63, 3.8) is 0 Å². The molecule has 13 heteroatoms. The zero-order valence-electron chi connectivity index (χ0n) is 33.3. The lowest BCUT2D eigenvalue weighted by molar-refractivity contribution is -0.953. The molecule has 1 aromatic heterocycles. The minimum Gasteiger partial charge on any atom is -0.430 e. The lowest BCUT2D eigenvalue weighted by Crippen LogP contribution is -2.39. The van der Waals surface area contributed by atoms with Crippen molar-refractivity contribution in [2.75, 3.05) is 47.9 Å². The van der Waals surface area contributed by atoms with E-state index in [1.165, 1.54) is 6.34 Å². The van der Waals surface area contributed by atoms with Crippen LogP contribution < -0.4 is 20.4 Å². The largest absolute Gasteiger partial charge is 0.430 e. The Morgan fingerprint density at radius 1 is 0.776 bits per heavy atom. The van der Waals surface area contributed by atoms with Gasteiger partial charge in [0.15, 0.2) is 0 Å². The quantitative estimate of drug-likeness (QED) is 0.0516. The standard InChI is InChI=1S/C45H45N9O4/c1-6-52(7-2)33-22-24-37-39(26-33)58-40-27-34(53(8-3)9-4)23-25-38(40)41(37)35-12-10-11-13-36(35)45(55)51(5)32-20-18-31(19-21-32)50-44-42(54(56)57)43(47-28-48-44)49-30-16-14-29(46)15-17-30/h10-28,46,56-57H,6-9H2,1-5H3/p+2. The maximum atomic E-state index is 14.5. The van der Waals surface area contributed by atoms with Gasteiger partial charge in [0.25, 0.3) is 5.91 Å². The van der Waals surface area contributed by atoms with E-state index in [0.29, 0.717) is 22.6 Å². The minimum atomic E-state index is -0.200. The Labute approximate surface area is 336 Å². The van der Waals surface area contributed by atoms with Crippen LogP contribution in [0.1, 0.15) is 38.1 Å². The molecule has 0 bridgehead atoms. The molecule has 1 amide bonds. The molecule has 5 N–H and O–H groups in total. The van der Waals surface area contributed by atoms with Gasteiger partial charge in [-0.3, -0.25) is 4.79 Å². The molecule has 13 nitrogen and oxygen atoms in total.